The number of nitrogen functional groups attached to an aromatic ring is 1. The van der Waals surface area contributed by atoms with E-state index in [4.69, 9.17) is 11.1 Å². The highest BCUT2D eigenvalue weighted by Gasteiger charge is 2.22. The summed E-state index contributed by atoms with van der Waals surface area (Å²) in [5, 5.41) is 17.7. The van der Waals surface area contributed by atoms with Gasteiger partial charge in [-0.3, -0.25) is 0 Å². The predicted molar refractivity (Wildman–Crippen MR) is 79.6 cm³/mol. The Bertz CT molecular complexity index is 631. The van der Waals surface area contributed by atoms with Gasteiger partial charge in [-0.25, -0.2) is 4.68 Å². The van der Waals surface area contributed by atoms with E-state index in [0.29, 0.717) is 10.7 Å². The molecule has 0 bridgehead atoms. The van der Waals surface area contributed by atoms with Crippen LogP contribution in [0.15, 0.2) is 29.4 Å². The Labute approximate surface area is 122 Å². The van der Waals surface area contributed by atoms with E-state index in [-0.39, 0.29) is 5.41 Å². The topological polar surface area (TPSA) is 80.5 Å². The first-order valence-corrected chi connectivity index (χ1v) is 7.23. The number of hydrogen-bond donors (Lipinski definition) is 1. The zero-order chi connectivity index (χ0) is 14.8. The number of nitrogens with zero attached hydrogens (tertiary/aromatic N) is 4. The molecule has 2 aromatic rings. The van der Waals surface area contributed by atoms with Gasteiger partial charge in [-0.15, -0.1) is 10.2 Å². The van der Waals surface area contributed by atoms with Gasteiger partial charge in [0.25, 0.3) is 0 Å². The summed E-state index contributed by atoms with van der Waals surface area (Å²) in [6, 6.07) is 9.60. The van der Waals surface area contributed by atoms with Crippen LogP contribution in [0.2, 0.25) is 0 Å². The second kappa shape index (κ2) is 5.55. The first-order chi connectivity index (χ1) is 9.41. The predicted octanol–water partition coefficient (Wildman–Crippen LogP) is 2.45. The molecule has 0 spiro atoms. The molecule has 0 aliphatic heterocycles. The van der Waals surface area contributed by atoms with Crippen molar-refractivity contribution in [3.63, 3.8) is 0 Å². The summed E-state index contributed by atoms with van der Waals surface area (Å²) in [6.45, 7) is 6.15. The molecule has 1 heterocycles. The standard InChI is InChI=1S/C14H17N5S/c1-14(2,3)12-17-18-13(19(12)16)20-9-11-6-4-10(8-15)5-7-11/h4-7H,9,16H2,1-3H3. The summed E-state index contributed by atoms with van der Waals surface area (Å²) in [5.74, 6) is 7.53. The van der Waals surface area contributed by atoms with Crippen molar-refractivity contribution in [2.24, 2.45) is 0 Å². The number of rotatable bonds is 3. The highest BCUT2D eigenvalue weighted by molar-refractivity contribution is 7.98. The fourth-order valence-corrected chi connectivity index (χ4v) is 2.52. The van der Waals surface area contributed by atoms with Gasteiger partial charge >= 0.3 is 0 Å². The maximum Gasteiger partial charge on any atom is 0.210 e. The molecule has 6 heteroatoms. The molecule has 20 heavy (non-hydrogen) atoms. The maximum absolute atomic E-state index is 8.76. The van der Waals surface area contributed by atoms with E-state index in [9.17, 15) is 0 Å². The van der Waals surface area contributed by atoms with Crippen molar-refractivity contribution < 1.29 is 0 Å². The highest BCUT2D eigenvalue weighted by atomic mass is 32.2. The minimum Gasteiger partial charge on any atom is -0.336 e. The molecule has 1 aromatic heterocycles. The molecule has 0 radical (unpaired) electrons. The van der Waals surface area contributed by atoms with E-state index in [2.05, 4.69) is 37.0 Å². The third kappa shape index (κ3) is 3.11. The monoisotopic (exact) mass is 287 g/mol. The Balaban J connectivity index is 2.08. The molecule has 2 rings (SSSR count). The molecular weight excluding hydrogens is 270 g/mol. The Morgan fingerprint density at radius 3 is 2.40 bits per heavy atom. The molecule has 0 amide bonds. The fraction of sp³-hybridized carbons (Fsp3) is 0.357. The van der Waals surface area contributed by atoms with Crippen molar-refractivity contribution in [3.8, 4) is 6.07 Å². The van der Waals surface area contributed by atoms with Gasteiger partial charge in [-0.05, 0) is 17.7 Å². The summed E-state index contributed by atoms with van der Waals surface area (Å²) in [4.78, 5) is 0. The van der Waals surface area contributed by atoms with E-state index in [1.807, 2.05) is 24.3 Å². The van der Waals surface area contributed by atoms with Gasteiger partial charge in [0.05, 0.1) is 11.6 Å². The number of benzene rings is 1. The Morgan fingerprint density at radius 2 is 1.90 bits per heavy atom. The number of nitriles is 1. The molecule has 0 unspecified atom stereocenters. The second-order valence-electron chi connectivity index (χ2n) is 5.52. The second-order valence-corrected chi connectivity index (χ2v) is 6.47. The molecule has 5 nitrogen and oxygen atoms in total. The van der Waals surface area contributed by atoms with Crippen LogP contribution in [0.25, 0.3) is 0 Å². The lowest BCUT2D eigenvalue weighted by Gasteiger charge is -2.16. The van der Waals surface area contributed by atoms with Crippen LogP contribution in [0.5, 0.6) is 0 Å². The van der Waals surface area contributed by atoms with Crippen molar-refractivity contribution in [3.05, 3.63) is 41.2 Å². The molecule has 0 aliphatic rings. The van der Waals surface area contributed by atoms with Crippen LogP contribution in [0.1, 0.15) is 37.7 Å². The van der Waals surface area contributed by atoms with Gasteiger partial charge in [-0.2, -0.15) is 5.26 Å². The molecule has 0 fully saturated rings. The molecule has 0 saturated heterocycles. The van der Waals surface area contributed by atoms with Gasteiger partial charge < -0.3 is 5.84 Å². The minimum atomic E-state index is -0.130. The zero-order valence-corrected chi connectivity index (χ0v) is 12.6. The molecule has 0 aliphatic carbocycles. The van der Waals surface area contributed by atoms with Crippen molar-refractivity contribution in [2.75, 3.05) is 5.84 Å². The molecule has 0 saturated carbocycles. The van der Waals surface area contributed by atoms with E-state index in [0.717, 1.165) is 17.1 Å². The van der Waals surface area contributed by atoms with Crippen LogP contribution < -0.4 is 5.84 Å². The van der Waals surface area contributed by atoms with Crippen LogP contribution >= 0.6 is 11.8 Å². The van der Waals surface area contributed by atoms with Crippen LogP contribution in [-0.4, -0.2) is 14.9 Å². The number of nitrogens with two attached hydrogens (primary N) is 1. The Hall–Kier alpha value is -2.00. The van der Waals surface area contributed by atoms with Gasteiger partial charge in [0, 0.05) is 11.2 Å². The number of hydrogen-bond acceptors (Lipinski definition) is 5. The van der Waals surface area contributed by atoms with E-state index >= 15 is 0 Å². The lowest BCUT2D eigenvalue weighted by atomic mass is 9.96. The average molecular weight is 287 g/mol. The van der Waals surface area contributed by atoms with Crippen LogP contribution in [0, 0.1) is 11.3 Å². The van der Waals surface area contributed by atoms with Gasteiger partial charge in [0.15, 0.2) is 5.82 Å². The summed E-state index contributed by atoms with van der Waals surface area (Å²) >= 11 is 1.53. The first-order valence-electron chi connectivity index (χ1n) is 6.24. The molecule has 2 N–H and O–H groups in total. The van der Waals surface area contributed by atoms with Gasteiger partial charge in [0.1, 0.15) is 0 Å². The normalized spacial score (nSPS) is 11.3. The van der Waals surface area contributed by atoms with E-state index in [1.165, 1.54) is 11.8 Å². The number of aromatic nitrogens is 3. The van der Waals surface area contributed by atoms with Gasteiger partial charge in [-0.1, -0.05) is 44.7 Å². The molecule has 0 atom stereocenters. The third-order valence-corrected chi connectivity index (χ3v) is 3.80. The number of thioether (sulfide) groups is 1. The lowest BCUT2D eigenvalue weighted by molar-refractivity contribution is 0.523. The zero-order valence-electron chi connectivity index (χ0n) is 11.8. The third-order valence-electron chi connectivity index (χ3n) is 2.79. The van der Waals surface area contributed by atoms with Crippen molar-refractivity contribution in [1.82, 2.24) is 14.9 Å². The van der Waals surface area contributed by atoms with E-state index < -0.39 is 0 Å². The van der Waals surface area contributed by atoms with Crippen LogP contribution in [0.3, 0.4) is 0 Å². The fourth-order valence-electron chi connectivity index (χ4n) is 1.71. The van der Waals surface area contributed by atoms with E-state index in [1.54, 1.807) is 4.68 Å². The maximum atomic E-state index is 8.76. The quantitative estimate of drug-likeness (QED) is 0.692. The smallest absolute Gasteiger partial charge is 0.210 e. The first kappa shape index (κ1) is 14.4. The van der Waals surface area contributed by atoms with Crippen molar-refractivity contribution >= 4 is 11.8 Å². The van der Waals surface area contributed by atoms with Crippen molar-refractivity contribution in [1.29, 1.82) is 5.26 Å². The summed E-state index contributed by atoms with van der Waals surface area (Å²) in [6.07, 6.45) is 0. The van der Waals surface area contributed by atoms with Gasteiger partial charge in [0.2, 0.25) is 5.16 Å². The Kier molecular flexibility index (Phi) is 4.00. The van der Waals surface area contributed by atoms with Crippen LogP contribution in [-0.2, 0) is 11.2 Å². The lowest BCUT2D eigenvalue weighted by Crippen LogP contribution is -2.24. The SMILES string of the molecule is CC(C)(C)c1nnc(SCc2ccc(C#N)cc2)n1N. The van der Waals surface area contributed by atoms with Crippen molar-refractivity contribution in [2.45, 2.75) is 37.1 Å². The summed E-state index contributed by atoms with van der Waals surface area (Å²) in [7, 11) is 0. The average Bonchev–Trinajstić information content (AvgIpc) is 2.78. The largest absolute Gasteiger partial charge is 0.336 e. The van der Waals surface area contributed by atoms with Crippen LogP contribution in [0.4, 0.5) is 0 Å². The summed E-state index contributed by atoms with van der Waals surface area (Å²) in [5.41, 5.74) is 1.65. The summed E-state index contributed by atoms with van der Waals surface area (Å²) < 4.78 is 1.55. The molecule has 104 valence electrons. The highest BCUT2D eigenvalue weighted by Crippen LogP contribution is 2.25. The molecular formula is C14H17N5S. The Morgan fingerprint density at radius 1 is 1.25 bits per heavy atom. The molecule has 1 aromatic carbocycles. The minimum absolute atomic E-state index is 0.130.